The molecule has 1 aromatic carbocycles. The van der Waals surface area contributed by atoms with Crippen LogP contribution in [-0.4, -0.2) is 11.8 Å². The highest BCUT2D eigenvalue weighted by Gasteiger charge is 2.07. The van der Waals surface area contributed by atoms with Gasteiger partial charge >= 0.3 is 0 Å². The average Bonchev–Trinajstić information content (AvgIpc) is 2.15. The molecule has 1 aromatic rings. The first-order valence-corrected chi connectivity index (χ1v) is 7.00. The molecule has 0 spiro atoms. The van der Waals surface area contributed by atoms with Crippen LogP contribution in [0.25, 0.3) is 0 Å². The molecule has 0 fully saturated rings. The van der Waals surface area contributed by atoms with Gasteiger partial charge in [0.25, 0.3) is 0 Å². The zero-order valence-corrected chi connectivity index (χ0v) is 11.6. The maximum atomic E-state index is 6.04. The molecule has 2 N–H and O–H groups in total. The lowest BCUT2D eigenvalue weighted by molar-refractivity contribution is 0.524. The van der Waals surface area contributed by atoms with Crippen molar-refractivity contribution in [3.8, 4) is 0 Å². The molecule has 0 heterocycles. The van der Waals surface area contributed by atoms with Crippen molar-refractivity contribution in [1.29, 1.82) is 0 Å². The highest BCUT2D eigenvalue weighted by atomic mass is 79.9. The van der Waals surface area contributed by atoms with Crippen molar-refractivity contribution in [1.82, 2.24) is 0 Å². The molecule has 15 heavy (non-hydrogen) atoms. The van der Waals surface area contributed by atoms with Crippen molar-refractivity contribution in [3.63, 3.8) is 0 Å². The maximum Gasteiger partial charge on any atom is 0.0311 e. The molecule has 0 radical (unpaired) electrons. The molecule has 0 saturated heterocycles. The molecule has 0 saturated carbocycles. The second-order valence-electron chi connectivity index (χ2n) is 4.13. The first kappa shape index (κ1) is 13.1. The fraction of sp³-hybridized carbons (Fsp3) is 0.500. The number of halogens is 1. The van der Waals surface area contributed by atoms with Crippen molar-refractivity contribution in [2.24, 2.45) is 11.7 Å². The van der Waals surface area contributed by atoms with E-state index in [1.165, 1.54) is 4.90 Å². The standard InChI is InChI=1S/C12H18BrNS/c1-9(2)7-10(14)8-15-12-6-4-3-5-11(12)13/h3-6,9-10H,7-8,14H2,1-2H3. The van der Waals surface area contributed by atoms with Gasteiger partial charge in [-0.2, -0.15) is 0 Å². The third-order valence-electron chi connectivity index (χ3n) is 2.06. The van der Waals surface area contributed by atoms with Gasteiger partial charge in [0, 0.05) is 21.2 Å². The van der Waals surface area contributed by atoms with Gasteiger partial charge in [-0.1, -0.05) is 26.0 Å². The van der Waals surface area contributed by atoms with Crippen molar-refractivity contribution in [3.05, 3.63) is 28.7 Å². The van der Waals surface area contributed by atoms with Crippen LogP contribution in [0.2, 0.25) is 0 Å². The minimum Gasteiger partial charge on any atom is -0.327 e. The average molecular weight is 288 g/mol. The first-order chi connectivity index (χ1) is 7.09. The summed E-state index contributed by atoms with van der Waals surface area (Å²) in [5.41, 5.74) is 6.04. The van der Waals surface area contributed by atoms with Crippen LogP contribution in [0.4, 0.5) is 0 Å². The van der Waals surface area contributed by atoms with Crippen LogP contribution in [-0.2, 0) is 0 Å². The zero-order chi connectivity index (χ0) is 11.3. The summed E-state index contributed by atoms with van der Waals surface area (Å²) in [5, 5.41) is 0. The van der Waals surface area contributed by atoms with Gasteiger partial charge in [0.1, 0.15) is 0 Å². The third kappa shape index (κ3) is 5.05. The summed E-state index contributed by atoms with van der Waals surface area (Å²) >= 11 is 5.36. The largest absolute Gasteiger partial charge is 0.327 e. The highest BCUT2D eigenvalue weighted by molar-refractivity contribution is 9.10. The Morgan fingerprint density at radius 1 is 1.33 bits per heavy atom. The maximum absolute atomic E-state index is 6.04. The molecular weight excluding hydrogens is 270 g/mol. The van der Waals surface area contributed by atoms with E-state index in [1.807, 2.05) is 17.8 Å². The Kier molecular flexibility index (Phi) is 5.72. The summed E-state index contributed by atoms with van der Waals surface area (Å²) in [6, 6.07) is 8.57. The van der Waals surface area contributed by atoms with Gasteiger partial charge in [-0.15, -0.1) is 11.8 Å². The van der Waals surface area contributed by atoms with Crippen LogP contribution in [0.15, 0.2) is 33.6 Å². The number of hydrogen-bond acceptors (Lipinski definition) is 2. The van der Waals surface area contributed by atoms with Crippen LogP contribution in [0, 0.1) is 5.92 Å². The fourth-order valence-corrected chi connectivity index (χ4v) is 2.97. The van der Waals surface area contributed by atoms with E-state index in [9.17, 15) is 0 Å². The summed E-state index contributed by atoms with van der Waals surface area (Å²) in [6.45, 7) is 4.42. The predicted molar refractivity (Wildman–Crippen MR) is 72.3 cm³/mol. The van der Waals surface area contributed by atoms with Crippen LogP contribution in [0.3, 0.4) is 0 Å². The molecule has 1 nitrogen and oxygen atoms in total. The normalized spacial score (nSPS) is 13.1. The molecule has 0 aliphatic rings. The van der Waals surface area contributed by atoms with E-state index in [2.05, 4.69) is 48.0 Å². The quantitative estimate of drug-likeness (QED) is 0.831. The second-order valence-corrected chi connectivity index (χ2v) is 6.05. The summed E-state index contributed by atoms with van der Waals surface area (Å²) in [7, 11) is 0. The summed E-state index contributed by atoms with van der Waals surface area (Å²) in [4.78, 5) is 1.27. The van der Waals surface area contributed by atoms with E-state index in [-0.39, 0.29) is 0 Å². The number of hydrogen-bond donors (Lipinski definition) is 1. The minimum atomic E-state index is 0.294. The highest BCUT2D eigenvalue weighted by Crippen LogP contribution is 2.27. The second kappa shape index (κ2) is 6.56. The van der Waals surface area contributed by atoms with E-state index in [0.29, 0.717) is 12.0 Å². The van der Waals surface area contributed by atoms with Gasteiger partial charge in [-0.05, 0) is 40.4 Å². The van der Waals surface area contributed by atoms with E-state index >= 15 is 0 Å². The monoisotopic (exact) mass is 287 g/mol. The number of benzene rings is 1. The van der Waals surface area contributed by atoms with Crippen molar-refractivity contribution in [2.45, 2.75) is 31.2 Å². The molecule has 0 amide bonds. The van der Waals surface area contributed by atoms with Crippen LogP contribution >= 0.6 is 27.7 Å². The molecule has 1 rings (SSSR count). The van der Waals surface area contributed by atoms with Crippen molar-refractivity contribution in [2.75, 3.05) is 5.75 Å². The number of nitrogens with two attached hydrogens (primary N) is 1. The minimum absolute atomic E-state index is 0.294. The van der Waals surface area contributed by atoms with Crippen molar-refractivity contribution >= 4 is 27.7 Å². The van der Waals surface area contributed by atoms with Gasteiger partial charge in [0.2, 0.25) is 0 Å². The SMILES string of the molecule is CC(C)CC(N)CSc1ccccc1Br. The predicted octanol–water partition coefficient (Wildman–Crippen LogP) is 3.91. The van der Waals surface area contributed by atoms with Crippen LogP contribution < -0.4 is 5.73 Å². The van der Waals surface area contributed by atoms with Gasteiger partial charge in [0.15, 0.2) is 0 Å². The molecule has 84 valence electrons. The molecule has 0 bridgehead atoms. The lowest BCUT2D eigenvalue weighted by atomic mass is 10.1. The first-order valence-electron chi connectivity index (χ1n) is 5.22. The summed E-state index contributed by atoms with van der Waals surface area (Å²) < 4.78 is 1.16. The van der Waals surface area contributed by atoms with E-state index in [0.717, 1.165) is 16.6 Å². The number of thioether (sulfide) groups is 1. The molecule has 1 unspecified atom stereocenters. The van der Waals surface area contributed by atoms with Gasteiger partial charge < -0.3 is 5.73 Å². The Morgan fingerprint density at radius 3 is 2.60 bits per heavy atom. The Labute approximate surface area is 105 Å². The topological polar surface area (TPSA) is 26.0 Å². The van der Waals surface area contributed by atoms with E-state index in [4.69, 9.17) is 5.73 Å². The van der Waals surface area contributed by atoms with Crippen molar-refractivity contribution < 1.29 is 0 Å². The molecule has 0 aliphatic heterocycles. The summed E-state index contributed by atoms with van der Waals surface area (Å²) in [6.07, 6.45) is 1.09. The fourth-order valence-electron chi connectivity index (χ4n) is 1.43. The van der Waals surface area contributed by atoms with Gasteiger partial charge in [0.05, 0.1) is 0 Å². The Balaban J connectivity index is 2.40. The Morgan fingerprint density at radius 2 is 2.00 bits per heavy atom. The number of rotatable bonds is 5. The van der Waals surface area contributed by atoms with E-state index < -0.39 is 0 Å². The molecular formula is C12H18BrNS. The Hall–Kier alpha value is 0.01000. The van der Waals surface area contributed by atoms with Crippen LogP contribution in [0.5, 0.6) is 0 Å². The Bertz CT molecular complexity index is 301. The lowest BCUT2D eigenvalue weighted by Crippen LogP contribution is -2.24. The van der Waals surface area contributed by atoms with E-state index in [1.54, 1.807) is 0 Å². The molecule has 0 aromatic heterocycles. The molecule has 1 atom stereocenters. The molecule has 3 heteroatoms. The van der Waals surface area contributed by atoms with Gasteiger partial charge in [-0.3, -0.25) is 0 Å². The zero-order valence-electron chi connectivity index (χ0n) is 9.24. The van der Waals surface area contributed by atoms with Gasteiger partial charge in [-0.25, -0.2) is 0 Å². The molecule has 0 aliphatic carbocycles. The third-order valence-corrected chi connectivity index (χ3v) is 4.28. The van der Waals surface area contributed by atoms with Crippen LogP contribution in [0.1, 0.15) is 20.3 Å². The smallest absolute Gasteiger partial charge is 0.0311 e. The summed E-state index contributed by atoms with van der Waals surface area (Å²) in [5.74, 6) is 1.67. The lowest BCUT2D eigenvalue weighted by Gasteiger charge is -2.13.